The van der Waals surface area contributed by atoms with E-state index in [9.17, 15) is 18.0 Å². The summed E-state index contributed by atoms with van der Waals surface area (Å²) < 4.78 is 38.2. The van der Waals surface area contributed by atoms with Gasteiger partial charge in [0.2, 0.25) is 10.0 Å². The molecule has 0 aliphatic rings. The summed E-state index contributed by atoms with van der Waals surface area (Å²) in [6.07, 6.45) is -0.446. The molecule has 0 radical (unpaired) electrons. The first-order valence-electron chi connectivity index (χ1n) is 10.1. The van der Waals surface area contributed by atoms with E-state index in [1.807, 2.05) is 0 Å². The highest BCUT2D eigenvalue weighted by Gasteiger charge is 2.19. The zero-order valence-electron chi connectivity index (χ0n) is 18.9. The van der Waals surface area contributed by atoms with Crippen LogP contribution in [-0.4, -0.2) is 39.5 Å². The summed E-state index contributed by atoms with van der Waals surface area (Å²) >= 11 is 6.30. The van der Waals surface area contributed by atoms with Gasteiger partial charge in [-0.3, -0.25) is 0 Å². The Morgan fingerprint density at radius 1 is 1.21 bits per heavy atom. The number of ether oxygens (including phenoxy) is 1. The molecule has 2 aromatic carbocycles. The lowest BCUT2D eigenvalue weighted by Crippen LogP contribution is -2.30. The SMILES string of the molecule is Cc1c(Cc2cccc(S(=O)(=O)NC(C)C)c2)c(=O)oc2cc(OC(=O)N(C)C)c(Cl)cc12. The van der Waals surface area contributed by atoms with E-state index in [-0.39, 0.29) is 33.7 Å². The molecule has 0 aliphatic carbocycles. The molecular formula is C23H25ClN2O6S. The fourth-order valence-electron chi connectivity index (χ4n) is 3.26. The third-order valence-electron chi connectivity index (χ3n) is 4.88. The van der Waals surface area contributed by atoms with E-state index in [4.69, 9.17) is 20.8 Å². The summed E-state index contributed by atoms with van der Waals surface area (Å²) in [5, 5.41) is 0.776. The molecule has 33 heavy (non-hydrogen) atoms. The van der Waals surface area contributed by atoms with Gasteiger partial charge in [0.15, 0.2) is 5.75 Å². The maximum atomic E-state index is 12.8. The number of rotatable bonds is 6. The highest BCUT2D eigenvalue weighted by atomic mass is 35.5. The van der Waals surface area contributed by atoms with Crippen LogP contribution in [-0.2, 0) is 16.4 Å². The maximum Gasteiger partial charge on any atom is 0.414 e. The summed E-state index contributed by atoms with van der Waals surface area (Å²) in [6.45, 7) is 5.24. The van der Waals surface area contributed by atoms with Crippen molar-refractivity contribution < 1.29 is 22.4 Å². The largest absolute Gasteiger partial charge is 0.422 e. The number of amides is 1. The maximum absolute atomic E-state index is 12.8. The molecule has 0 aliphatic heterocycles. The van der Waals surface area contributed by atoms with Crippen LogP contribution in [0, 0.1) is 6.92 Å². The lowest BCUT2D eigenvalue weighted by Gasteiger charge is -2.14. The van der Waals surface area contributed by atoms with Crippen LogP contribution in [0.5, 0.6) is 5.75 Å². The van der Waals surface area contributed by atoms with Crippen molar-refractivity contribution in [3.05, 3.63) is 68.5 Å². The van der Waals surface area contributed by atoms with Crippen molar-refractivity contribution in [2.75, 3.05) is 14.1 Å². The van der Waals surface area contributed by atoms with Gasteiger partial charge in [0.1, 0.15) is 5.58 Å². The average molecular weight is 493 g/mol. The van der Waals surface area contributed by atoms with Crippen LogP contribution >= 0.6 is 11.6 Å². The average Bonchev–Trinajstić information content (AvgIpc) is 2.71. The van der Waals surface area contributed by atoms with E-state index in [1.54, 1.807) is 39.0 Å². The third-order valence-corrected chi connectivity index (χ3v) is 6.83. The van der Waals surface area contributed by atoms with Gasteiger partial charge in [-0.05, 0) is 50.1 Å². The lowest BCUT2D eigenvalue weighted by molar-refractivity contribution is 0.172. The second kappa shape index (κ2) is 9.54. The van der Waals surface area contributed by atoms with Gasteiger partial charge in [-0.25, -0.2) is 22.7 Å². The predicted octanol–water partition coefficient (Wildman–Crippen LogP) is 4.09. The predicted molar refractivity (Wildman–Crippen MR) is 127 cm³/mol. The van der Waals surface area contributed by atoms with Crippen molar-refractivity contribution in [1.82, 2.24) is 9.62 Å². The summed E-state index contributed by atoms with van der Waals surface area (Å²) in [7, 11) is -0.600. The van der Waals surface area contributed by atoms with Crippen LogP contribution in [0.3, 0.4) is 0 Å². The Labute approximate surface area is 197 Å². The van der Waals surface area contributed by atoms with E-state index in [0.717, 1.165) is 0 Å². The summed E-state index contributed by atoms with van der Waals surface area (Å²) in [5.41, 5.74) is 1.31. The van der Waals surface area contributed by atoms with E-state index in [0.29, 0.717) is 22.1 Å². The minimum atomic E-state index is -3.67. The van der Waals surface area contributed by atoms with Crippen molar-refractivity contribution in [2.24, 2.45) is 0 Å². The highest BCUT2D eigenvalue weighted by Crippen LogP contribution is 2.32. The number of halogens is 1. The Hall–Kier alpha value is -2.88. The monoisotopic (exact) mass is 492 g/mol. The smallest absolute Gasteiger partial charge is 0.414 e. The van der Waals surface area contributed by atoms with Crippen molar-refractivity contribution in [3.8, 4) is 5.75 Å². The number of nitrogens with one attached hydrogen (secondary N) is 1. The Bertz CT molecular complexity index is 1380. The molecule has 1 heterocycles. The number of carbonyl (C=O) groups is 1. The molecule has 0 unspecified atom stereocenters. The first-order chi connectivity index (χ1) is 15.4. The molecule has 0 fully saturated rings. The van der Waals surface area contributed by atoms with Gasteiger partial charge in [0.25, 0.3) is 0 Å². The molecule has 1 N–H and O–H groups in total. The molecule has 176 valence electrons. The first kappa shape index (κ1) is 24.8. The van der Waals surface area contributed by atoms with E-state index >= 15 is 0 Å². The number of hydrogen-bond donors (Lipinski definition) is 1. The second-order valence-corrected chi connectivity index (χ2v) is 10.3. The molecule has 0 atom stereocenters. The van der Waals surface area contributed by atoms with Crippen LogP contribution < -0.4 is 15.1 Å². The summed E-state index contributed by atoms with van der Waals surface area (Å²) in [5.74, 6) is 0.0775. The number of nitrogens with zero attached hydrogens (tertiary/aromatic N) is 1. The van der Waals surface area contributed by atoms with E-state index < -0.39 is 21.7 Å². The molecule has 0 saturated heterocycles. The van der Waals surface area contributed by atoms with Gasteiger partial charge in [-0.2, -0.15) is 0 Å². The molecule has 10 heteroatoms. The quantitative estimate of drug-likeness (QED) is 0.519. The number of sulfonamides is 1. The van der Waals surface area contributed by atoms with Gasteiger partial charge in [-0.15, -0.1) is 0 Å². The fraction of sp³-hybridized carbons (Fsp3) is 0.304. The molecule has 3 aromatic rings. The van der Waals surface area contributed by atoms with Crippen molar-refractivity contribution in [2.45, 2.75) is 38.1 Å². The number of hydrogen-bond acceptors (Lipinski definition) is 6. The number of benzene rings is 2. The molecule has 0 saturated carbocycles. The fourth-order valence-corrected chi connectivity index (χ4v) is 4.79. The molecule has 0 bridgehead atoms. The number of aryl methyl sites for hydroxylation is 1. The minimum Gasteiger partial charge on any atom is -0.422 e. The van der Waals surface area contributed by atoms with Crippen LogP contribution in [0.15, 0.2) is 50.5 Å². The van der Waals surface area contributed by atoms with E-state index in [2.05, 4.69) is 4.72 Å². The normalized spacial score (nSPS) is 11.7. The van der Waals surface area contributed by atoms with Crippen molar-refractivity contribution >= 4 is 38.7 Å². The van der Waals surface area contributed by atoms with Gasteiger partial charge >= 0.3 is 11.7 Å². The number of carbonyl (C=O) groups excluding carboxylic acids is 1. The third kappa shape index (κ3) is 5.55. The van der Waals surface area contributed by atoms with Crippen molar-refractivity contribution in [3.63, 3.8) is 0 Å². The zero-order chi connectivity index (χ0) is 24.5. The molecule has 0 spiro atoms. The second-order valence-electron chi connectivity index (χ2n) is 8.13. The summed E-state index contributed by atoms with van der Waals surface area (Å²) in [4.78, 5) is 26.0. The number of fused-ring (bicyclic) bond motifs is 1. The highest BCUT2D eigenvalue weighted by molar-refractivity contribution is 7.89. The van der Waals surface area contributed by atoms with Crippen LogP contribution in [0.1, 0.15) is 30.5 Å². The first-order valence-corrected chi connectivity index (χ1v) is 12.0. The Morgan fingerprint density at radius 2 is 1.91 bits per heavy atom. The molecule has 1 aromatic heterocycles. The van der Waals surface area contributed by atoms with Crippen molar-refractivity contribution in [1.29, 1.82) is 0 Å². The van der Waals surface area contributed by atoms with E-state index in [1.165, 1.54) is 37.2 Å². The zero-order valence-corrected chi connectivity index (χ0v) is 20.5. The van der Waals surface area contributed by atoms with Crippen LogP contribution in [0.25, 0.3) is 11.0 Å². The molecule has 8 nitrogen and oxygen atoms in total. The van der Waals surface area contributed by atoms with Gasteiger partial charge in [-0.1, -0.05) is 23.7 Å². The lowest BCUT2D eigenvalue weighted by atomic mass is 9.99. The Balaban J connectivity index is 2.01. The summed E-state index contributed by atoms with van der Waals surface area (Å²) in [6, 6.07) is 9.13. The molecule has 1 amide bonds. The standard InChI is InChI=1S/C23H25ClN2O6S/c1-13(2)25-33(29,30)16-8-6-7-15(9-16)10-18-14(3)17-11-19(24)21(32-23(28)26(4)5)12-20(17)31-22(18)27/h6-9,11-13,25H,10H2,1-5H3. The van der Waals surface area contributed by atoms with Gasteiger partial charge in [0, 0.05) is 43.6 Å². The van der Waals surface area contributed by atoms with Gasteiger partial charge < -0.3 is 14.1 Å². The molecular weight excluding hydrogens is 468 g/mol. The molecule has 3 rings (SSSR count). The van der Waals surface area contributed by atoms with Crippen LogP contribution in [0.4, 0.5) is 4.79 Å². The topological polar surface area (TPSA) is 106 Å². The Kier molecular flexibility index (Phi) is 7.16. The van der Waals surface area contributed by atoms with Crippen LogP contribution in [0.2, 0.25) is 5.02 Å². The van der Waals surface area contributed by atoms with Gasteiger partial charge in [0.05, 0.1) is 9.92 Å². The minimum absolute atomic E-state index is 0.0775. The Morgan fingerprint density at radius 3 is 2.55 bits per heavy atom.